The van der Waals surface area contributed by atoms with E-state index in [0.717, 1.165) is 18.8 Å². The Balaban J connectivity index is 2.58. The highest BCUT2D eigenvalue weighted by atomic mass is 28.3. The van der Waals surface area contributed by atoms with Crippen molar-refractivity contribution in [3.8, 4) is 5.75 Å². The molecule has 0 atom stereocenters. The first-order valence-corrected chi connectivity index (χ1v) is 10.5. The van der Waals surface area contributed by atoms with Crippen LogP contribution >= 0.6 is 0 Å². The van der Waals surface area contributed by atoms with Crippen molar-refractivity contribution in [2.24, 2.45) is 0 Å². The standard InChI is InChI=1S/C22H30NOSi/c1-7-18-13-12-14-19(17-18)25(23(8-2)9-3)21-16-11-10-15-20(21)24-22(4,5)6/h7,10-17H,1,8-9H2,2-6H3. The van der Waals surface area contributed by atoms with Crippen molar-refractivity contribution < 1.29 is 4.74 Å². The second-order valence-electron chi connectivity index (χ2n) is 7.06. The molecule has 0 fully saturated rings. The maximum Gasteiger partial charge on any atom is 0.212 e. The first kappa shape index (κ1) is 19.5. The number of nitrogens with zero attached hydrogens (tertiary/aromatic N) is 1. The van der Waals surface area contributed by atoms with Gasteiger partial charge < -0.3 is 9.30 Å². The van der Waals surface area contributed by atoms with Crippen LogP contribution < -0.4 is 15.1 Å². The highest BCUT2D eigenvalue weighted by Gasteiger charge is 2.28. The predicted molar refractivity (Wildman–Crippen MR) is 111 cm³/mol. The zero-order chi connectivity index (χ0) is 18.4. The van der Waals surface area contributed by atoms with Crippen LogP contribution in [0.5, 0.6) is 5.75 Å². The average molecular weight is 353 g/mol. The van der Waals surface area contributed by atoms with E-state index in [-0.39, 0.29) is 5.60 Å². The summed E-state index contributed by atoms with van der Waals surface area (Å²) in [5.74, 6) is 1.000. The molecule has 0 bridgehead atoms. The summed E-state index contributed by atoms with van der Waals surface area (Å²) in [6, 6.07) is 17.3. The quantitative estimate of drug-likeness (QED) is 0.700. The summed E-state index contributed by atoms with van der Waals surface area (Å²) < 4.78 is 8.88. The van der Waals surface area contributed by atoms with Gasteiger partial charge in [0.2, 0.25) is 8.96 Å². The normalized spacial score (nSPS) is 11.8. The zero-order valence-electron chi connectivity index (χ0n) is 16.2. The third-order valence-corrected chi connectivity index (χ3v) is 7.08. The van der Waals surface area contributed by atoms with E-state index in [9.17, 15) is 0 Å². The van der Waals surface area contributed by atoms with Gasteiger partial charge in [-0.1, -0.05) is 69.0 Å². The summed E-state index contributed by atoms with van der Waals surface area (Å²) in [6.45, 7) is 16.7. The minimum Gasteiger partial charge on any atom is -0.488 e. The minimum absolute atomic E-state index is 0.213. The van der Waals surface area contributed by atoms with E-state index in [4.69, 9.17) is 4.74 Å². The largest absolute Gasteiger partial charge is 0.488 e. The van der Waals surface area contributed by atoms with Gasteiger partial charge in [0.25, 0.3) is 0 Å². The van der Waals surface area contributed by atoms with E-state index >= 15 is 0 Å². The Labute approximate surface area is 154 Å². The summed E-state index contributed by atoms with van der Waals surface area (Å²) in [7, 11) is -1.11. The molecule has 0 aromatic heterocycles. The summed E-state index contributed by atoms with van der Waals surface area (Å²) in [5, 5.41) is 2.68. The van der Waals surface area contributed by atoms with Crippen LogP contribution in [0.3, 0.4) is 0 Å². The molecule has 0 saturated carbocycles. The van der Waals surface area contributed by atoms with Crippen molar-refractivity contribution >= 4 is 25.4 Å². The van der Waals surface area contributed by atoms with Crippen LogP contribution in [0, 0.1) is 0 Å². The molecule has 0 aliphatic carbocycles. The Morgan fingerprint density at radius 1 is 1.04 bits per heavy atom. The number of rotatable bonds is 7. The van der Waals surface area contributed by atoms with Gasteiger partial charge in [-0.05, 0) is 50.7 Å². The third-order valence-electron chi connectivity index (χ3n) is 4.03. The van der Waals surface area contributed by atoms with E-state index in [1.54, 1.807) is 0 Å². The first-order valence-electron chi connectivity index (χ1n) is 9.02. The van der Waals surface area contributed by atoms with E-state index in [1.165, 1.54) is 15.9 Å². The van der Waals surface area contributed by atoms with E-state index in [2.05, 4.69) is 94.3 Å². The SMILES string of the molecule is C=Cc1cccc([Si](c2ccccc2OC(C)(C)C)N(CC)CC)c1. The lowest BCUT2D eigenvalue weighted by Crippen LogP contribution is -2.57. The summed E-state index contributed by atoms with van der Waals surface area (Å²) in [6.07, 6.45) is 1.92. The number of hydrogen-bond donors (Lipinski definition) is 0. The van der Waals surface area contributed by atoms with Gasteiger partial charge in [-0.3, -0.25) is 0 Å². The fraction of sp³-hybridized carbons (Fsp3) is 0.364. The van der Waals surface area contributed by atoms with Gasteiger partial charge in [-0.2, -0.15) is 0 Å². The number of ether oxygens (including phenoxy) is 1. The maximum atomic E-state index is 6.31. The second-order valence-corrected chi connectivity index (χ2v) is 9.51. The van der Waals surface area contributed by atoms with Crippen molar-refractivity contribution in [3.63, 3.8) is 0 Å². The molecule has 0 unspecified atom stereocenters. The van der Waals surface area contributed by atoms with Crippen LogP contribution in [0.4, 0.5) is 0 Å². The molecule has 3 heteroatoms. The monoisotopic (exact) mass is 352 g/mol. The highest BCUT2D eigenvalue weighted by molar-refractivity contribution is 6.83. The highest BCUT2D eigenvalue weighted by Crippen LogP contribution is 2.17. The van der Waals surface area contributed by atoms with E-state index in [0.29, 0.717) is 0 Å². The topological polar surface area (TPSA) is 12.5 Å². The Kier molecular flexibility index (Phi) is 6.62. The second kappa shape index (κ2) is 8.50. The van der Waals surface area contributed by atoms with Crippen molar-refractivity contribution in [1.82, 2.24) is 4.57 Å². The molecule has 2 rings (SSSR count). The molecule has 2 aromatic rings. The Hall–Kier alpha value is -1.84. The summed E-state index contributed by atoms with van der Waals surface area (Å²) >= 11 is 0. The molecule has 0 aliphatic heterocycles. The molecule has 133 valence electrons. The van der Waals surface area contributed by atoms with Crippen LogP contribution in [0.15, 0.2) is 55.1 Å². The number of para-hydroxylation sites is 1. The van der Waals surface area contributed by atoms with Gasteiger partial charge in [0.05, 0.1) is 0 Å². The summed E-state index contributed by atoms with van der Waals surface area (Å²) in [5.41, 5.74) is 0.955. The fourth-order valence-electron chi connectivity index (χ4n) is 2.94. The molecule has 0 aliphatic rings. The lowest BCUT2D eigenvalue weighted by Gasteiger charge is -2.31. The Bertz CT molecular complexity index is 701. The Morgan fingerprint density at radius 2 is 1.72 bits per heavy atom. The third kappa shape index (κ3) is 5.07. The molecule has 0 heterocycles. The van der Waals surface area contributed by atoms with Gasteiger partial charge in [0, 0.05) is 5.19 Å². The van der Waals surface area contributed by atoms with Gasteiger partial charge in [0.1, 0.15) is 11.4 Å². The molecular formula is C22H30NOSi. The molecule has 1 radical (unpaired) electrons. The molecule has 2 nitrogen and oxygen atoms in total. The van der Waals surface area contributed by atoms with Crippen molar-refractivity contribution in [3.05, 3.63) is 60.7 Å². The maximum absolute atomic E-state index is 6.31. The predicted octanol–water partition coefficient (Wildman–Crippen LogP) is 3.95. The van der Waals surface area contributed by atoms with Crippen molar-refractivity contribution in [1.29, 1.82) is 0 Å². The van der Waals surface area contributed by atoms with Crippen molar-refractivity contribution in [2.75, 3.05) is 13.1 Å². The summed E-state index contributed by atoms with van der Waals surface area (Å²) in [4.78, 5) is 0. The molecule has 0 saturated heterocycles. The number of benzene rings is 2. The lowest BCUT2D eigenvalue weighted by molar-refractivity contribution is 0.132. The van der Waals surface area contributed by atoms with Crippen LogP contribution in [-0.4, -0.2) is 32.2 Å². The van der Waals surface area contributed by atoms with Gasteiger partial charge >= 0.3 is 0 Å². The van der Waals surface area contributed by atoms with E-state index < -0.39 is 8.96 Å². The molecular weight excluding hydrogens is 322 g/mol. The van der Waals surface area contributed by atoms with Crippen LogP contribution in [0.25, 0.3) is 6.08 Å². The van der Waals surface area contributed by atoms with Crippen molar-refractivity contribution in [2.45, 2.75) is 40.2 Å². The average Bonchev–Trinajstić information content (AvgIpc) is 2.59. The van der Waals surface area contributed by atoms with Crippen LogP contribution in [-0.2, 0) is 0 Å². The van der Waals surface area contributed by atoms with Crippen LogP contribution in [0.1, 0.15) is 40.2 Å². The van der Waals surface area contributed by atoms with Gasteiger partial charge in [0.15, 0.2) is 0 Å². The van der Waals surface area contributed by atoms with E-state index in [1.807, 2.05) is 6.08 Å². The lowest BCUT2D eigenvalue weighted by atomic mass is 10.2. The zero-order valence-corrected chi connectivity index (χ0v) is 17.2. The molecule has 2 aromatic carbocycles. The van der Waals surface area contributed by atoms with Gasteiger partial charge in [-0.15, -0.1) is 0 Å². The Morgan fingerprint density at radius 3 is 2.32 bits per heavy atom. The molecule has 0 amide bonds. The van der Waals surface area contributed by atoms with Crippen LogP contribution in [0.2, 0.25) is 0 Å². The molecule has 0 N–H and O–H groups in total. The fourth-order valence-corrected chi connectivity index (χ4v) is 5.77. The van der Waals surface area contributed by atoms with Gasteiger partial charge in [-0.25, -0.2) is 0 Å². The number of hydrogen-bond acceptors (Lipinski definition) is 2. The molecule has 25 heavy (non-hydrogen) atoms. The molecule has 0 spiro atoms. The smallest absolute Gasteiger partial charge is 0.212 e. The first-order chi connectivity index (χ1) is 11.9. The minimum atomic E-state index is -1.11.